The first kappa shape index (κ1) is 24.8. The second kappa shape index (κ2) is 12.4. The van der Waals surface area contributed by atoms with Crippen LogP contribution in [-0.4, -0.2) is 61.5 Å². The maximum absolute atomic E-state index is 13.9. The standard InChI is InChI=1S/C22H29FN6O.HI/c1-24-22(26-13-10-20(30)28(2)15-17-7-4-3-5-8-17)27-18-11-14-29(16-18)21-19(23)9-6-12-25-21;/h3-9,12,18H,10-11,13-16H2,1-2H3,(H2,24,26,27);1H. The van der Waals surface area contributed by atoms with E-state index in [1.807, 2.05) is 42.3 Å². The van der Waals surface area contributed by atoms with Crippen LogP contribution in [0.3, 0.4) is 0 Å². The van der Waals surface area contributed by atoms with Gasteiger partial charge in [-0.3, -0.25) is 9.79 Å². The van der Waals surface area contributed by atoms with E-state index in [0.717, 1.165) is 18.5 Å². The first-order valence-corrected chi connectivity index (χ1v) is 10.2. The Labute approximate surface area is 200 Å². The van der Waals surface area contributed by atoms with Crippen LogP contribution >= 0.6 is 24.0 Å². The maximum Gasteiger partial charge on any atom is 0.224 e. The van der Waals surface area contributed by atoms with E-state index in [0.29, 0.717) is 37.8 Å². The molecule has 1 aliphatic rings. The molecule has 0 aliphatic carbocycles. The van der Waals surface area contributed by atoms with Gasteiger partial charge in [0.05, 0.1) is 0 Å². The third-order valence-electron chi connectivity index (χ3n) is 5.11. The molecule has 7 nitrogen and oxygen atoms in total. The molecule has 2 N–H and O–H groups in total. The van der Waals surface area contributed by atoms with Crippen molar-refractivity contribution in [3.05, 3.63) is 60.0 Å². The van der Waals surface area contributed by atoms with Gasteiger partial charge in [-0.1, -0.05) is 30.3 Å². The quantitative estimate of drug-likeness (QED) is 0.321. The molecule has 31 heavy (non-hydrogen) atoms. The summed E-state index contributed by atoms with van der Waals surface area (Å²) in [6, 6.07) is 13.1. The lowest BCUT2D eigenvalue weighted by Crippen LogP contribution is -2.45. The van der Waals surface area contributed by atoms with Crippen LogP contribution in [0.5, 0.6) is 0 Å². The molecule has 1 fully saturated rings. The van der Waals surface area contributed by atoms with E-state index >= 15 is 0 Å². The molecule has 1 unspecified atom stereocenters. The Hall–Kier alpha value is -2.43. The zero-order valence-electron chi connectivity index (χ0n) is 17.9. The van der Waals surface area contributed by atoms with E-state index in [1.54, 1.807) is 24.2 Å². The van der Waals surface area contributed by atoms with Crippen LogP contribution in [0, 0.1) is 5.82 Å². The zero-order valence-corrected chi connectivity index (χ0v) is 20.3. The Balaban J connectivity index is 0.00000341. The summed E-state index contributed by atoms with van der Waals surface area (Å²) in [6.45, 7) is 2.45. The van der Waals surface area contributed by atoms with E-state index in [9.17, 15) is 9.18 Å². The summed E-state index contributed by atoms with van der Waals surface area (Å²) in [7, 11) is 3.51. The van der Waals surface area contributed by atoms with Crippen molar-refractivity contribution >= 4 is 41.7 Å². The SMILES string of the molecule is CN=C(NCCC(=O)N(C)Cc1ccccc1)NC1CCN(c2ncccc2F)C1.I. The fourth-order valence-corrected chi connectivity index (χ4v) is 3.49. The predicted octanol–water partition coefficient (Wildman–Crippen LogP) is 2.63. The van der Waals surface area contributed by atoms with Gasteiger partial charge < -0.3 is 20.4 Å². The lowest BCUT2D eigenvalue weighted by atomic mass is 10.2. The van der Waals surface area contributed by atoms with Gasteiger partial charge in [0.2, 0.25) is 5.91 Å². The third kappa shape index (κ3) is 7.34. The second-order valence-electron chi connectivity index (χ2n) is 7.37. The van der Waals surface area contributed by atoms with Crippen molar-refractivity contribution in [2.24, 2.45) is 4.99 Å². The number of nitrogens with zero attached hydrogens (tertiary/aromatic N) is 4. The Morgan fingerprint density at radius 3 is 2.77 bits per heavy atom. The molecule has 168 valence electrons. The summed E-state index contributed by atoms with van der Waals surface area (Å²) < 4.78 is 13.9. The summed E-state index contributed by atoms with van der Waals surface area (Å²) in [5.41, 5.74) is 1.11. The van der Waals surface area contributed by atoms with E-state index in [4.69, 9.17) is 0 Å². The highest BCUT2D eigenvalue weighted by molar-refractivity contribution is 14.0. The van der Waals surface area contributed by atoms with Gasteiger partial charge in [-0.15, -0.1) is 24.0 Å². The smallest absolute Gasteiger partial charge is 0.224 e. The topological polar surface area (TPSA) is 72.9 Å². The highest BCUT2D eigenvalue weighted by atomic mass is 127. The molecule has 1 atom stereocenters. The lowest BCUT2D eigenvalue weighted by molar-refractivity contribution is -0.130. The highest BCUT2D eigenvalue weighted by Crippen LogP contribution is 2.20. The van der Waals surface area contributed by atoms with Crippen molar-refractivity contribution in [1.29, 1.82) is 0 Å². The fraction of sp³-hybridized carbons (Fsp3) is 0.409. The van der Waals surface area contributed by atoms with Crippen molar-refractivity contribution in [2.45, 2.75) is 25.4 Å². The number of amides is 1. The maximum atomic E-state index is 13.9. The normalized spacial score (nSPS) is 15.9. The molecule has 9 heteroatoms. The molecule has 0 bridgehead atoms. The number of aromatic nitrogens is 1. The summed E-state index contributed by atoms with van der Waals surface area (Å²) in [5.74, 6) is 0.789. The molecule has 1 aromatic heterocycles. The number of halogens is 2. The minimum absolute atomic E-state index is 0. The highest BCUT2D eigenvalue weighted by Gasteiger charge is 2.26. The molecule has 0 radical (unpaired) electrons. The predicted molar refractivity (Wildman–Crippen MR) is 132 cm³/mol. The van der Waals surface area contributed by atoms with E-state index < -0.39 is 0 Å². The Morgan fingerprint density at radius 1 is 1.29 bits per heavy atom. The Kier molecular flexibility index (Phi) is 9.96. The van der Waals surface area contributed by atoms with Gasteiger partial charge in [-0.25, -0.2) is 9.37 Å². The van der Waals surface area contributed by atoms with Crippen molar-refractivity contribution in [2.75, 3.05) is 38.6 Å². The van der Waals surface area contributed by atoms with Crippen LogP contribution in [-0.2, 0) is 11.3 Å². The minimum Gasteiger partial charge on any atom is -0.356 e. The fourth-order valence-electron chi connectivity index (χ4n) is 3.49. The number of hydrogen-bond donors (Lipinski definition) is 2. The molecule has 2 heterocycles. The molecule has 1 amide bonds. The molecular weight excluding hydrogens is 510 g/mol. The second-order valence-corrected chi connectivity index (χ2v) is 7.37. The molecule has 0 saturated carbocycles. The van der Waals surface area contributed by atoms with Crippen LogP contribution in [0.25, 0.3) is 0 Å². The molecule has 0 spiro atoms. The number of nitrogens with one attached hydrogen (secondary N) is 2. The van der Waals surface area contributed by atoms with Gasteiger partial charge in [0.25, 0.3) is 0 Å². The van der Waals surface area contributed by atoms with Crippen molar-refractivity contribution in [1.82, 2.24) is 20.5 Å². The van der Waals surface area contributed by atoms with Gasteiger partial charge in [0.15, 0.2) is 17.6 Å². The molecule has 1 aromatic carbocycles. The molecule has 3 rings (SSSR count). The first-order valence-electron chi connectivity index (χ1n) is 10.2. The number of anilines is 1. The van der Waals surface area contributed by atoms with Crippen LogP contribution < -0.4 is 15.5 Å². The van der Waals surface area contributed by atoms with Gasteiger partial charge in [0, 0.05) is 58.9 Å². The van der Waals surface area contributed by atoms with Gasteiger partial charge in [-0.05, 0) is 24.1 Å². The Morgan fingerprint density at radius 2 is 2.06 bits per heavy atom. The number of hydrogen-bond acceptors (Lipinski definition) is 4. The number of pyridine rings is 1. The van der Waals surface area contributed by atoms with E-state index in [2.05, 4.69) is 20.6 Å². The number of carbonyl (C=O) groups excluding carboxylic acids is 1. The van der Waals surface area contributed by atoms with Gasteiger partial charge in [0.1, 0.15) is 0 Å². The summed E-state index contributed by atoms with van der Waals surface area (Å²) >= 11 is 0. The number of guanidine groups is 1. The first-order chi connectivity index (χ1) is 14.6. The summed E-state index contributed by atoms with van der Waals surface area (Å²) in [4.78, 5) is 24.4. The minimum atomic E-state index is -0.307. The number of benzene rings is 1. The largest absolute Gasteiger partial charge is 0.356 e. The van der Waals surface area contributed by atoms with Crippen LogP contribution in [0.15, 0.2) is 53.7 Å². The van der Waals surface area contributed by atoms with Crippen molar-refractivity contribution in [3.63, 3.8) is 0 Å². The number of aliphatic imine (C=N–C) groups is 1. The number of rotatable bonds is 7. The van der Waals surface area contributed by atoms with Crippen molar-refractivity contribution in [3.8, 4) is 0 Å². The average Bonchev–Trinajstić information content (AvgIpc) is 3.22. The van der Waals surface area contributed by atoms with Gasteiger partial charge >= 0.3 is 0 Å². The monoisotopic (exact) mass is 540 g/mol. The molecule has 1 saturated heterocycles. The van der Waals surface area contributed by atoms with Crippen LogP contribution in [0.1, 0.15) is 18.4 Å². The van der Waals surface area contributed by atoms with Crippen molar-refractivity contribution < 1.29 is 9.18 Å². The Bertz CT molecular complexity index is 866. The zero-order chi connectivity index (χ0) is 21.3. The molecule has 2 aromatic rings. The van der Waals surface area contributed by atoms with Crippen LogP contribution in [0.2, 0.25) is 0 Å². The third-order valence-corrected chi connectivity index (χ3v) is 5.11. The summed E-state index contributed by atoms with van der Waals surface area (Å²) in [5, 5.41) is 6.54. The summed E-state index contributed by atoms with van der Waals surface area (Å²) in [6.07, 6.45) is 2.83. The average molecular weight is 540 g/mol. The van der Waals surface area contributed by atoms with Crippen LogP contribution in [0.4, 0.5) is 10.2 Å². The van der Waals surface area contributed by atoms with E-state index in [-0.39, 0.29) is 41.7 Å². The lowest BCUT2D eigenvalue weighted by Gasteiger charge is -2.20. The van der Waals surface area contributed by atoms with Gasteiger partial charge in [-0.2, -0.15) is 0 Å². The van der Waals surface area contributed by atoms with E-state index in [1.165, 1.54) is 6.07 Å². The number of carbonyl (C=O) groups is 1. The molecular formula is C22H30FIN6O. The molecule has 1 aliphatic heterocycles.